The van der Waals surface area contributed by atoms with Crippen molar-refractivity contribution < 1.29 is 14.3 Å². The second kappa shape index (κ2) is 6.35. The van der Waals surface area contributed by atoms with Crippen molar-refractivity contribution in [3.8, 4) is 0 Å². The van der Waals surface area contributed by atoms with Gasteiger partial charge in [-0.2, -0.15) is 0 Å². The number of carboxylic acid groups (broad SMARTS) is 1. The van der Waals surface area contributed by atoms with Crippen molar-refractivity contribution >= 4 is 17.6 Å². The highest BCUT2D eigenvalue weighted by Crippen LogP contribution is 2.23. The summed E-state index contributed by atoms with van der Waals surface area (Å²) in [7, 11) is 0. The van der Waals surface area contributed by atoms with E-state index in [4.69, 9.17) is 11.6 Å². The third-order valence-electron chi connectivity index (χ3n) is 3.54. The van der Waals surface area contributed by atoms with Gasteiger partial charge in [-0.25, -0.2) is 4.39 Å². The molecule has 0 amide bonds. The van der Waals surface area contributed by atoms with Crippen molar-refractivity contribution in [1.29, 1.82) is 0 Å². The summed E-state index contributed by atoms with van der Waals surface area (Å²) in [5.41, 5.74) is 0.774. The number of carboxylic acids is 1. The van der Waals surface area contributed by atoms with Gasteiger partial charge in [0.25, 0.3) is 0 Å². The van der Waals surface area contributed by atoms with E-state index in [1.807, 2.05) is 4.90 Å². The number of aliphatic carboxylic acids is 1. The highest BCUT2D eigenvalue weighted by Gasteiger charge is 2.27. The molecule has 3 nitrogen and oxygen atoms in total. The summed E-state index contributed by atoms with van der Waals surface area (Å²) in [6, 6.07) is 3.78. The molecule has 1 fully saturated rings. The van der Waals surface area contributed by atoms with Gasteiger partial charge in [0, 0.05) is 11.6 Å². The topological polar surface area (TPSA) is 40.5 Å². The molecule has 1 saturated heterocycles. The first kappa shape index (κ1) is 14.3. The van der Waals surface area contributed by atoms with Gasteiger partial charge in [-0.1, -0.05) is 30.5 Å². The molecule has 1 heterocycles. The zero-order valence-corrected chi connectivity index (χ0v) is 11.4. The van der Waals surface area contributed by atoms with E-state index < -0.39 is 12.0 Å². The first-order valence-corrected chi connectivity index (χ1v) is 6.86. The molecule has 2 rings (SSSR count). The number of rotatable bonds is 3. The van der Waals surface area contributed by atoms with Gasteiger partial charge >= 0.3 is 5.97 Å². The fourth-order valence-electron chi connectivity index (χ4n) is 2.51. The van der Waals surface area contributed by atoms with Crippen LogP contribution in [-0.4, -0.2) is 28.6 Å². The van der Waals surface area contributed by atoms with Crippen LogP contribution in [-0.2, 0) is 11.3 Å². The van der Waals surface area contributed by atoms with Crippen LogP contribution in [0.5, 0.6) is 0 Å². The monoisotopic (exact) mass is 285 g/mol. The van der Waals surface area contributed by atoms with Gasteiger partial charge in [-0.15, -0.1) is 0 Å². The van der Waals surface area contributed by atoms with Gasteiger partial charge in [-0.3, -0.25) is 9.69 Å². The van der Waals surface area contributed by atoms with Crippen LogP contribution >= 0.6 is 11.6 Å². The predicted molar refractivity (Wildman–Crippen MR) is 71.7 cm³/mol. The van der Waals surface area contributed by atoms with Gasteiger partial charge in [0.15, 0.2) is 0 Å². The molecule has 19 heavy (non-hydrogen) atoms. The first-order valence-electron chi connectivity index (χ1n) is 6.48. The van der Waals surface area contributed by atoms with Gasteiger partial charge in [0.2, 0.25) is 0 Å². The SMILES string of the molecule is O=C(O)C1CCCCCN1Cc1ccc(F)cc1Cl. The third-order valence-corrected chi connectivity index (χ3v) is 3.89. The molecule has 1 aromatic rings. The molecule has 1 unspecified atom stereocenters. The van der Waals surface area contributed by atoms with E-state index in [2.05, 4.69) is 0 Å². The number of benzene rings is 1. The van der Waals surface area contributed by atoms with Crippen LogP contribution in [0.15, 0.2) is 18.2 Å². The van der Waals surface area contributed by atoms with Crippen LogP contribution in [0, 0.1) is 5.82 Å². The smallest absolute Gasteiger partial charge is 0.320 e. The van der Waals surface area contributed by atoms with Crippen LogP contribution in [0.25, 0.3) is 0 Å². The number of nitrogens with zero attached hydrogens (tertiary/aromatic N) is 1. The summed E-state index contributed by atoms with van der Waals surface area (Å²) in [4.78, 5) is 13.2. The second-order valence-corrected chi connectivity index (χ2v) is 5.32. The summed E-state index contributed by atoms with van der Waals surface area (Å²) >= 11 is 6.00. The van der Waals surface area contributed by atoms with Crippen LogP contribution in [0.3, 0.4) is 0 Å². The van der Waals surface area contributed by atoms with Crippen molar-refractivity contribution in [2.75, 3.05) is 6.54 Å². The van der Waals surface area contributed by atoms with Crippen molar-refractivity contribution in [2.24, 2.45) is 0 Å². The quantitative estimate of drug-likeness (QED) is 0.926. The van der Waals surface area contributed by atoms with E-state index in [-0.39, 0.29) is 5.82 Å². The Bertz CT molecular complexity index is 467. The largest absolute Gasteiger partial charge is 0.480 e. The van der Waals surface area contributed by atoms with E-state index >= 15 is 0 Å². The Morgan fingerprint density at radius 2 is 2.21 bits per heavy atom. The molecule has 1 N–H and O–H groups in total. The Balaban J connectivity index is 2.16. The Morgan fingerprint density at radius 3 is 2.89 bits per heavy atom. The van der Waals surface area contributed by atoms with E-state index in [1.165, 1.54) is 12.1 Å². The highest BCUT2D eigenvalue weighted by atomic mass is 35.5. The fraction of sp³-hybridized carbons (Fsp3) is 0.500. The third kappa shape index (κ3) is 3.67. The minimum Gasteiger partial charge on any atom is -0.480 e. The number of hydrogen-bond donors (Lipinski definition) is 1. The van der Waals surface area contributed by atoms with Crippen LogP contribution in [0.1, 0.15) is 31.2 Å². The number of halogens is 2. The molecule has 0 bridgehead atoms. The molecule has 0 aromatic heterocycles. The highest BCUT2D eigenvalue weighted by molar-refractivity contribution is 6.31. The maximum absolute atomic E-state index is 13.0. The maximum Gasteiger partial charge on any atom is 0.320 e. The lowest BCUT2D eigenvalue weighted by Crippen LogP contribution is -2.40. The van der Waals surface area contributed by atoms with Crippen molar-refractivity contribution in [3.63, 3.8) is 0 Å². The zero-order valence-electron chi connectivity index (χ0n) is 10.6. The number of carbonyl (C=O) groups is 1. The lowest BCUT2D eigenvalue weighted by atomic mass is 10.1. The standard InChI is InChI=1S/C14H17ClFNO2/c15-12-8-11(16)6-5-10(12)9-17-7-3-1-2-4-13(17)14(18)19/h5-6,8,13H,1-4,7,9H2,(H,18,19). The lowest BCUT2D eigenvalue weighted by molar-refractivity contribution is -0.143. The average Bonchev–Trinajstić information content (AvgIpc) is 2.58. The average molecular weight is 286 g/mol. The number of hydrogen-bond acceptors (Lipinski definition) is 2. The molecule has 1 aromatic carbocycles. The summed E-state index contributed by atoms with van der Waals surface area (Å²) in [6.07, 6.45) is 3.64. The molecule has 0 spiro atoms. The van der Waals surface area contributed by atoms with Crippen LogP contribution < -0.4 is 0 Å². The maximum atomic E-state index is 13.0. The van der Waals surface area contributed by atoms with Crippen molar-refractivity contribution in [1.82, 2.24) is 4.90 Å². The lowest BCUT2D eigenvalue weighted by Gasteiger charge is -2.27. The fourth-order valence-corrected chi connectivity index (χ4v) is 2.73. The van der Waals surface area contributed by atoms with Crippen LogP contribution in [0.4, 0.5) is 4.39 Å². The second-order valence-electron chi connectivity index (χ2n) is 4.91. The van der Waals surface area contributed by atoms with Gasteiger partial charge in [-0.05, 0) is 37.1 Å². The normalized spacial score (nSPS) is 21.1. The molecule has 0 saturated carbocycles. The molecule has 5 heteroatoms. The first-order chi connectivity index (χ1) is 9.08. The van der Waals surface area contributed by atoms with Gasteiger partial charge < -0.3 is 5.11 Å². The van der Waals surface area contributed by atoms with E-state index in [0.29, 0.717) is 18.0 Å². The predicted octanol–water partition coefficient (Wildman–Crippen LogP) is 3.31. The number of likely N-dealkylation sites (tertiary alicyclic amines) is 1. The molecule has 1 atom stereocenters. The Kier molecular flexibility index (Phi) is 4.77. The van der Waals surface area contributed by atoms with E-state index in [9.17, 15) is 14.3 Å². The molecular formula is C14H17ClFNO2. The molecule has 0 radical (unpaired) electrons. The van der Waals surface area contributed by atoms with Gasteiger partial charge in [0.05, 0.1) is 0 Å². The van der Waals surface area contributed by atoms with E-state index in [1.54, 1.807) is 6.07 Å². The van der Waals surface area contributed by atoms with Crippen molar-refractivity contribution in [2.45, 2.75) is 38.3 Å². The van der Waals surface area contributed by atoms with Crippen molar-refractivity contribution in [3.05, 3.63) is 34.6 Å². The molecule has 0 aliphatic carbocycles. The summed E-state index contributed by atoms with van der Waals surface area (Å²) in [5.74, 6) is -1.17. The zero-order chi connectivity index (χ0) is 13.8. The summed E-state index contributed by atoms with van der Waals surface area (Å²) < 4.78 is 13.0. The Labute approximate surface area is 117 Å². The molecule has 1 aliphatic rings. The molecule has 104 valence electrons. The molecule has 1 aliphatic heterocycles. The summed E-state index contributed by atoms with van der Waals surface area (Å²) in [5, 5.41) is 9.65. The summed E-state index contributed by atoms with van der Waals surface area (Å²) in [6.45, 7) is 1.20. The van der Waals surface area contributed by atoms with E-state index in [0.717, 1.165) is 31.4 Å². The molecular weight excluding hydrogens is 269 g/mol. The Hall–Kier alpha value is -1.13. The van der Waals surface area contributed by atoms with Gasteiger partial charge in [0.1, 0.15) is 11.9 Å². The Morgan fingerprint density at radius 1 is 1.42 bits per heavy atom. The van der Waals surface area contributed by atoms with Crippen LogP contribution in [0.2, 0.25) is 5.02 Å². The minimum absolute atomic E-state index is 0.355. The minimum atomic E-state index is -0.792.